The van der Waals surface area contributed by atoms with Crippen LogP contribution in [0, 0.1) is 13.8 Å². The molecule has 0 spiro atoms. The van der Waals surface area contributed by atoms with E-state index >= 15 is 0 Å². The molecule has 0 aliphatic heterocycles. The minimum absolute atomic E-state index is 0.0436. The molecule has 1 aromatic rings. The Bertz CT molecular complexity index is 398. The highest BCUT2D eigenvalue weighted by Crippen LogP contribution is 2.10. The molecule has 0 radical (unpaired) electrons. The Balaban J connectivity index is 2.51. The van der Waals surface area contributed by atoms with Crippen molar-refractivity contribution in [2.24, 2.45) is 0 Å². The number of benzene rings is 1. The third-order valence-corrected chi connectivity index (χ3v) is 3.39. The summed E-state index contributed by atoms with van der Waals surface area (Å²) >= 11 is 0. The molecule has 0 saturated carbocycles. The van der Waals surface area contributed by atoms with Crippen LogP contribution < -0.4 is 5.32 Å². The summed E-state index contributed by atoms with van der Waals surface area (Å²) < 4.78 is 0. The lowest BCUT2D eigenvalue weighted by Crippen LogP contribution is -2.32. The lowest BCUT2D eigenvalue weighted by Gasteiger charge is -2.14. The minimum atomic E-state index is 0.0436. The SMILES string of the molecule is CCCCC[C@H](C)NC(=O)c1ccc(C)c(C)c1. The largest absolute Gasteiger partial charge is 0.350 e. The van der Waals surface area contributed by atoms with Gasteiger partial charge in [-0.1, -0.05) is 32.3 Å². The van der Waals surface area contributed by atoms with Gasteiger partial charge in [-0.15, -0.1) is 0 Å². The molecule has 1 amide bonds. The third-order valence-electron chi connectivity index (χ3n) is 3.39. The molecule has 1 N–H and O–H groups in total. The van der Waals surface area contributed by atoms with Gasteiger partial charge in [0.1, 0.15) is 0 Å². The number of aryl methyl sites for hydroxylation is 2. The van der Waals surface area contributed by atoms with Crippen molar-refractivity contribution < 1.29 is 4.79 Å². The molecule has 0 unspecified atom stereocenters. The number of amides is 1. The van der Waals surface area contributed by atoms with Crippen LogP contribution in [0.1, 0.15) is 61.0 Å². The fourth-order valence-corrected chi connectivity index (χ4v) is 1.96. The Morgan fingerprint density at radius 1 is 1.22 bits per heavy atom. The van der Waals surface area contributed by atoms with Gasteiger partial charge < -0.3 is 5.32 Å². The van der Waals surface area contributed by atoms with Crippen LogP contribution in [0.5, 0.6) is 0 Å². The summed E-state index contributed by atoms with van der Waals surface area (Å²) in [6, 6.07) is 6.12. The monoisotopic (exact) mass is 247 g/mol. The highest BCUT2D eigenvalue weighted by atomic mass is 16.1. The molecule has 100 valence electrons. The minimum Gasteiger partial charge on any atom is -0.350 e. The predicted octanol–water partition coefficient (Wildman–Crippen LogP) is 4.00. The quantitative estimate of drug-likeness (QED) is 0.756. The fourth-order valence-electron chi connectivity index (χ4n) is 1.96. The molecule has 2 heteroatoms. The molecule has 0 aromatic heterocycles. The molecule has 0 bridgehead atoms. The van der Waals surface area contributed by atoms with E-state index in [1.807, 2.05) is 25.1 Å². The average Bonchev–Trinajstić information content (AvgIpc) is 2.33. The van der Waals surface area contributed by atoms with Crippen LogP contribution in [-0.2, 0) is 0 Å². The standard InChI is InChI=1S/C16H25NO/c1-5-6-7-8-14(4)17-16(18)15-10-9-12(2)13(3)11-15/h9-11,14H,5-8H2,1-4H3,(H,17,18)/t14-/m0/s1. The van der Waals surface area contributed by atoms with Gasteiger partial charge in [0.25, 0.3) is 5.91 Å². The molecule has 0 saturated heterocycles. The zero-order valence-electron chi connectivity index (χ0n) is 12.0. The number of hydrogen-bond donors (Lipinski definition) is 1. The first kappa shape index (κ1) is 14.7. The van der Waals surface area contributed by atoms with E-state index in [2.05, 4.69) is 26.1 Å². The number of rotatable bonds is 6. The topological polar surface area (TPSA) is 29.1 Å². The number of carbonyl (C=O) groups excluding carboxylic acids is 1. The average molecular weight is 247 g/mol. The van der Waals surface area contributed by atoms with Gasteiger partial charge in [-0.25, -0.2) is 0 Å². The normalized spacial score (nSPS) is 12.2. The van der Waals surface area contributed by atoms with Crippen molar-refractivity contribution in [3.8, 4) is 0 Å². The van der Waals surface area contributed by atoms with Crippen LogP contribution in [0.3, 0.4) is 0 Å². The van der Waals surface area contributed by atoms with E-state index in [1.54, 1.807) is 0 Å². The van der Waals surface area contributed by atoms with Crippen molar-refractivity contribution >= 4 is 5.91 Å². The second kappa shape index (κ2) is 7.20. The summed E-state index contributed by atoms with van der Waals surface area (Å²) in [5.41, 5.74) is 3.16. The Hall–Kier alpha value is -1.31. The van der Waals surface area contributed by atoms with Gasteiger partial charge >= 0.3 is 0 Å². The lowest BCUT2D eigenvalue weighted by atomic mass is 10.1. The summed E-state index contributed by atoms with van der Waals surface area (Å²) in [4.78, 5) is 12.0. The number of carbonyl (C=O) groups is 1. The maximum atomic E-state index is 12.0. The maximum Gasteiger partial charge on any atom is 0.251 e. The summed E-state index contributed by atoms with van der Waals surface area (Å²) in [6.07, 6.45) is 4.71. The second-order valence-corrected chi connectivity index (χ2v) is 5.17. The van der Waals surface area contributed by atoms with Gasteiger partial charge in [0.05, 0.1) is 0 Å². The molecule has 2 nitrogen and oxygen atoms in total. The van der Waals surface area contributed by atoms with Crippen LogP contribution in [0.2, 0.25) is 0 Å². The van der Waals surface area contributed by atoms with Gasteiger partial charge in [0.15, 0.2) is 0 Å². The molecule has 1 atom stereocenters. The predicted molar refractivity (Wildman–Crippen MR) is 77.0 cm³/mol. The second-order valence-electron chi connectivity index (χ2n) is 5.17. The molecule has 0 aliphatic rings. The Morgan fingerprint density at radius 2 is 1.94 bits per heavy atom. The van der Waals surface area contributed by atoms with E-state index in [0.717, 1.165) is 12.0 Å². The van der Waals surface area contributed by atoms with Crippen LogP contribution in [0.25, 0.3) is 0 Å². The first-order chi connectivity index (χ1) is 8.54. The third kappa shape index (κ3) is 4.52. The van der Waals surface area contributed by atoms with Crippen molar-refractivity contribution in [2.45, 2.75) is 59.4 Å². The Kier molecular flexibility index (Phi) is 5.90. The van der Waals surface area contributed by atoms with Crippen LogP contribution in [0.15, 0.2) is 18.2 Å². The van der Waals surface area contributed by atoms with Crippen LogP contribution in [-0.4, -0.2) is 11.9 Å². The van der Waals surface area contributed by atoms with Gasteiger partial charge in [0.2, 0.25) is 0 Å². The Morgan fingerprint density at radius 3 is 2.56 bits per heavy atom. The smallest absolute Gasteiger partial charge is 0.251 e. The van der Waals surface area contributed by atoms with Crippen molar-refractivity contribution in [3.05, 3.63) is 34.9 Å². The highest BCUT2D eigenvalue weighted by Gasteiger charge is 2.09. The Labute approximate surface area is 111 Å². The van der Waals surface area contributed by atoms with Crippen molar-refractivity contribution in [1.29, 1.82) is 0 Å². The van der Waals surface area contributed by atoms with Gasteiger partial charge in [0, 0.05) is 11.6 Å². The summed E-state index contributed by atoms with van der Waals surface area (Å²) in [5, 5.41) is 3.06. The van der Waals surface area contributed by atoms with E-state index in [1.165, 1.54) is 30.4 Å². The molecule has 18 heavy (non-hydrogen) atoms. The molecular weight excluding hydrogens is 222 g/mol. The number of unbranched alkanes of at least 4 members (excludes halogenated alkanes) is 2. The zero-order valence-corrected chi connectivity index (χ0v) is 12.0. The van der Waals surface area contributed by atoms with Crippen molar-refractivity contribution in [2.75, 3.05) is 0 Å². The van der Waals surface area contributed by atoms with Gasteiger partial charge in [-0.3, -0.25) is 4.79 Å². The summed E-state index contributed by atoms with van der Waals surface area (Å²) in [6.45, 7) is 8.37. The number of hydrogen-bond acceptors (Lipinski definition) is 1. The van der Waals surface area contributed by atoms with Gasteiger partial charge in [-0.2, -0.15) is 0 Å². The van der Waals surface area contributed by atoms with Crippen LogP contribution >= 0.6 is 0 Å². The van der Waals surface area contributed by atoms with Gasteiger partial charge in [-0.05, 0) is 50.5 Å². The molecular formula is C16H25NO. The number of nitrogens with one attached hydrogen (secondary N) is 1. The van der Waals surface area contributed by atoms with E-state index < -0.39 is 0 Å². The highest BCUT2D eigenvalue weighted by molar-refractivity contribution is 5.94. The first-order valence-corrected chi connectivity index (χ1v) is 6.92. The summed E-state index contributed by atoms with van der Waals surface area (Å²) in [5.74, 6) is 0.0436. The molecule has 0 aliphatic carbocycles. The van der Waals surface area contributed by atoms with Crippen LogP contribution in [0.4, 0.5) is 0 Å². The maximum absolute atomic E-state index is 12.0. The van der Waals surface area contributed by atoms with Crippen molar-refractivity contribution in [3.63, 3.8) is 0 Å². The molecule has 0 heterocycles. The molecule has 1 aromatic carbocycles. The first-order valence-electron chi connectivity index (χ1n) is 6.92. The van der Waals surface area contributed by atoms with Crippen molar-refractivity contribution in [1.82, 2.24) is 5.32 Å². The fraction of sp³-hybridized carbons (Fsp3) is 0.562. The summed E-state index contributed by atoms with van der Waals surface area (Å²) in [7, 11) is 0. The van der Waals surface area contributed by atoms with E-state index in [4.69, 9.17) is 0 Å². The molecule has 1 rings (SSSR count). The van der Waals surface area contributed by atoms with E-state index in [-0.39, 0.29) is 11.9 Å². The van der Waals surface area contributed by atoms with E-state index in [0.29, 0.717) is 0 Å². The zero-order chi connectivity index (χ0) is 13.5. The van der Waals surface area contributed by atoms with E-state index in [9.17, 15) is 4.79 Å². The molecule has 0 fully saturated rings. The lowest BCUT2D eigenvalue weighted by molar-refractivity contribution is 0.0938.